The summed E-state index contributed by atoms with van der Waals surface area (Å²) in [6, 6.07) is 12.0. The minimum Gasteiger partial charge on any atom is -0.344 e. The van der Waals surface area contributed by atoms with Gasteiger partial charge in [0.1, 0.15) is 0 Å². The molecule has 1 aromatic rings. The monoisotopic (exact) mass is 314 g/mol. The van der Waals surface area contributed by atoms with Gasteiger partial charge in [-0.15, -0.1) is 0 Å². The van der Waals surface area contributed by atoms with Crippen LogP contribution in [0.1, 0.15) is 41.5 Å². The minimum absolute atomic E-state index is 0.0856. The van der Waals surface area contributed by atoms with Crippen LogP contribution in [0.4, 0.5) is 0 Å². The van der Waals surface area contributed by atoms with Crippen LogP contribution < -0.4 is 22.1 Å². The van der Waals surface area contributed by atoms with E-state index in [2.05, 4.69) is 10.6 Å². The Morgan fingerprint density at radius 3 is 0.909 bits per heavy atom. The second-order valence-electron chi connectivity index (χ2n) is 3.03. The molecule has 0 heterocycles. The molecule has 0 aliphatic heterocycles. The molecule has 22 heavy (non-hydrogen) atoms. The molecule has 1 rings (SSSR count). The quantitative estimate of drug-likeness (QED) is 0.624. The molecule has 6 heteroatoms. The van der Waals surface area contributed by atoms with Gasteiger partial charge in [-0.3, -0.25) is 9.59 Å². The first kappa shape index (κ1) is 28.3. The standard InChI is InChI=1S/C6H6.2C3H8N2O.2C2H6/c1-2-4-6-5-3-1;2*1-3(6)5-2-4;2*1-2/h1-6H;2*2,4H2,1H3,(H,5,6);2*1-2H3. The van der Waals surface area contributed by atoms with Gasteiger partial charge in [-0.1, -0.05) is 64.1 Å². The molecule has 0 saturated carbocycles. The highest BCUT2D eigenvalue weighted by Gasteiger charge is 1.79. The van der Waals surface area contributed by atoms with Crippen molar-refractivity contribution in [2.24, 2.45) is 11.5 Å². The summed E-state index contributed by atoms with van der Waals surface area (Å²) in [6.45, 7) is 11.3. The van der Waals surface area contributed by atoms with Gasteiger partial charge in [0.2, 0.25) is 11.8 Å². The number of amides is 2. The van der Waals surface area contributed by atoms with Gasteiger partial charge in [0.15, 0.2) is 0 Å². The first-order valence-corrected chi connectivity index (χ1v) is 7.43. The molecule has 0 saturated heterocycles. The maximum absolute atomic E-state index is 9.85. The molecule has 0 aromatic heterocycles. The topological polar surface area (TPSA) is 110 Å². The summed E-state index contributed by atoms with van der Waals surface area (Å²) < 4.78 is 0. The highest BCUT2D eigenvalue weighted by atomic mass is 16.2. The van der Waals surface area contributed by atoms with E-state index in [-0.39, 0.29) is 25.2 Å². The highest BCUT2D eigenvalue weighted by molar-refractivity contribution is 5.72. The summed E-state index contributed by atoms with van der Waals surface area (Å²) in [5.74, 6) is -0.171. The molecular formula is C16H34N4O2. The summed E-state index contributed by atoms with van der Waals surface area (Å²) in [5.41, 5.74) is 9.80. The van der Waals surface area contributed by atoms with Crippen LogP contribution in [0.3, 0.4) is 0 Å². The number of nitrogens with two attached hydrogens (primary N) is 2. The molecule has 2 amide bonds. The number of hydrogen-bond acceptors (Lipinski definition) is 4. The molecule has 0 radical (unpaired) electrons. The first-order chi connectivity index (χ1) is 10.5. The lowest BCUT2D eigenvalue weighted by Crippen LogP contribution is -2.26. The van der Waals surface area contributed by atoms with E-state index in [0.29, 0.717) is 0 Å². The Hall–Kier alpha value is -1.92. The fourth-order valence-corrected chi connectivity index (χ4v) is 0.672. The number of benzene rings is 1. The molecule has 130 valence electrons. The van der Waals surface area contributed by atoms with Crippen molar-refractivity contribution in [1.29, 1.82) is 0 Å². The second kappa shape index (κ2) is 31.5. The molecule has 0 unspecified atom stereocenters. The van der Waals surface area contributed by atoms with Gasteiger partial charge in [0, 0.05) is 13.8 Å². The van der Waals surface area contributed by atoms with Gasteiger partial charge in [0.25, 0.3) is 0 Å². The lowest BCUT2D eigenvalue weighted by molar-refractivity contribution is -0.119. The Balaban J connectivity index is -0.0000000990. The van der Waals surface area contributed by atoms with Crippen LogP contribution in [0.2, 0.25) is 0 Å². The van der Waals surface area contributed by atoms with Crippen molar-refractivity contribution in [3.05, 3.63) is 36.4 Å². The van der Waals surface area contributed by atoms with Crippen molar-refractivity contribution in [3.8, 4) is 0 Å². The molecule has 0 bridgehead atoms. The van der Waals surface area contributed by atoms with Crippen molar-refractivity contribution in [1.82, 2.24) is 10.6 Å². The van der Waals surface area contributed by atoms with E-state index in [1.807, 2.05) is 64.1 Å². The van der Waals surface area contributed by atoms with Crippen molar-refractivity contribution < 1.29 is 9.59 Å². The molecule has 0 aliphatic carbocycles. The molecule has 0 fully saturated rings. The summed E-state index contributed by atoms with van der Waals surface area (Å²) in [4.78, 5) is 19.7. The van der Waals surface area contributed by atoms with Crippen LogP contribution in [-0.4, -0.2) is 25.2 Å². The molecule has 0 atom stereocenters. The summed E-state index contributed by atoms with van der Waals surface area (Å²) in [6.07, 6.45) is 0. The Bertz CT molecular complexity index is 264. The fraction of sp³-hybridized carbons (Fsp3) is 0.500. The smallest absolute Gasteiger partial charge is 0.217 e. The van der Waals surface area contributed by atoms with Crippen molar-refractivity contribution in [3.63, 3.8) is 0 Å². The summed E-state index contributed by atoms with van der Waals surface area (Å²) >= 11 is 0. The zero-order chi connectivity index (χ0) is 18.2. The third-order valence-electron chi connectivity index (χ3n) is 1.37. The Labute approximate surface area is 135 Å². The molecule has 0 aliphatic rings. The molecule has 6 nitrogen and oxygen atoms in total. The van der Waals surface area contributed by atoms with Gasteiger partial charge in [-0.25, -0.2) is 0 Å². The largest absolute Gasteiger partial charge is 0.344 e. The van der Waals surface area contributed by atoms with Crippen LogP contribution in [0.5, 0.6) is 0 Å². The highest BCUT2D eigenvalue weighted by Crippen LogP contribution is 1.79. The van der Waals surface area contributed by atoms with Gasteiger partial charge < -0.3 is 22.1 Å². The Kier molecular flexibility index (Phi) is 40.4. The zero-order valence-electron chi connectivity index (χ0n) is 14.8. The second-order valence-corrected chi connectivity index (χ2v) is 3.03. The minimum atomic E-state index is -0.0856. The molecule has 6 N–H and O–H groups in total. The van der Waals surface area contributed by atoms with E-state index in [1.165, 1.54) is 13.8 Å². The van der Waals surface area contributed by atoms with E-state index in [1.54, 1.807) is 0 Å². The summed E-state index contributed by atoms with van der Waals surface area (Å²) in [7, 11) is 0. The van der Waals surface area contributed by atoms with Gasteiger partial charge in [-0.05, 0) is 0 Å². The average molecular weight is 314 g/mol. The molecule has 0 spiro atoms. The van der Waals surface area contributed by atoms with E-state index in [0.717, 1.165) is 0 Å². The van der Waals surface area contributed by atoms with Crippen molar-refractivity contribution >= 4 is 11.8 Å². The molecule has 1 aromatic carbocycles. The number of carbonyl (C=O) groups excluding carboxylic acids is 2. The van der Waals surface area contributed by atoms with Crippen LogP contribution in [-0.2, 0) is 9.59 Å². The first-order valence-electron chi connectivity index (χ1n) is 7.43. The lowest BCUT2D eigenvalue weighted by Gasteiger charge is -1.89. The third kappa shape index (κ3) is 51.9. The number of carbonyl (C=O) groups is 2. The fourth-order valence-electron chi connectivity index (χ4n) is 0.672. The maximum atomic E-state index is 9.85. The van der Waals surface area contributed by atoms with E-state index in [9.17, 15) is 9.59 Å². The third-order valence-corrected chi connectivity index (χ3v) is 1.37. The lowest BCUT2D eigenvalue weighted by atomic mass is 10.4. The van der Waals surface area contributed by atoms with E-state index < -0.39 is 0 Å². The number of nitrogens with one attached hydrogen (secondary N) is 2. The summed E-state index contributed by atoms with van der Waals surface area (Å²) in [5, 5.41) is 4.69. The molecular weight excluding hydrogens is 280 g/mol. The van der Waals surface area contributed by atoms with Crippen LogP contribution in [0.25, 0.3) is 0 Å². The van der Waals surface area contributed by atoms with Crippen molar-refractivity contribution in [2.75, 3.05) is 13.3 Å². The van der Waals surface area contributed by atoms with Gasteiger partial charge in [-0.2, -0.15) is 0 Å². The van der Waals surface area contributed by atoms with Crippen LogP contribution in [0.15, 0.2) is 36.4 Å². The average Bonchev–Trinajstić information content (AvgIpc) is 2.54. The van der Waals surface area contributed by atoms with Gasteiger partial charge in [0.05, 0.1) is 13.3 Å². The Morgan fingerprint density at radius 1 is 0.682 bits per heavy atom. The predicted molar refractivity (Wildman–Crippen MR) is 94.9 cm³/mol. The zero-order valence-corrected chi connectivity index (χ0v) is 14.8. The normalized spacial score (nSPS) is 6.91. The number of hydrogen-bond donors (Lipinski definition) is 4. The predicted octanol–water partition coefficient (Wildman–Crippen LogP) is 1.82. The SMILES string of the molecule is CC.CC.CC(=O)NCN.CC(=O)NCN.c1ccccc1. The van der Waals surface area contributed by atoms with E-state index >= 15 is 0 Å². The maximum Gasteiger partial charge on any atom is 0.217 e. The Morgan fingerprint density at radius 2 is 0.864 bits per heavy atom. The van der Waals surface area contributed by atoms with Crippen LogP contribution >= 0.6 is 0 Å². The number of rotatable bonds is 2. The van der Waals surface area contributed by atoms with E-state index in [4.69, 9.17) is 11.5 Å². The van der Waals surface area contributed by atoms with Crippen LogP contribution in [0, 0.1) is 0 Å². The van der Waals surface area contributed by atoms with Gasteiger partial charge >= 0.3 is 0 Å². The van der Waals surface area contributed by atoms with Crippen molar-refractivity contribution in [2.45, 2.75) is 41.5 Å².